The first-order valence-electron chi connectivity index (χ1n) is 7.18. The first kappa shape index (κ1) is 13.7. The minimum atomic E-state index is 0.641. The molecule has 1 aromatic carbocycles. The van der Waals surface area contributed by atoms with Crippen molar-refractivity contribution in [1.82, 2.24) is 15.1 Å². The number of rotatable bonds is 5. The lowest BCUT2D eigenvalue weighted by Crippen LogP contribution is -2.41. The van der Waals surface area contributed by atoms with Crippen LogP contribution in [0.25, 0.3) is 0 Å². The summed E-state index contributed by atoms with van der Waals surface area (Å²) in [5.41, 5.74) is 2.53. The molecule has 0 radical (unpaired) electrons. The van der Waals surface area contributed by atoms with E-state index in [-0.39, 0.29) is 0 Å². The second-order valence-electron chi connectivity index (χ2n) is 5.61. The van der Waals surface area contributed by atoms with E-state index in [1.165, 1.54) is 18.4 Å². The summed E-state index contributed by atoms with van der Waals surface area (Å²) in [5, 5.41) is 8.84. The molecule has 1 saturated carbocycles. The molecule has 1 N–H and O–H groups in total. The highest BCUT2D eigenvalue weighted by Crippen LogP contribution is 2.37. The van der Waals surface area contributed by atoms with Gasteiger partial charge in [0.1, 0.15) is 0 Å². The van der Waals surface area contributed by atoms with E-state index in [1.54, 1.807) is 0 Å². The van der Waals surface area contributed by atoms with Crippen LogP contribution < -0.4 is 5.32 Å². The van der Waals surface area contributed by atoms with Crippen molar-refractivity contribution in [3.63, 3.8) is 0 Å². The van der Waals surface area contributed by atoms with E-state index in [0.29, 0.717) is 12.0 Å². The van der Waals surface area contributed by atoms with E-state index in [1.807, 2.05) is 30.1 Å². The molecule has 0 spiro atoms. The Hall–Kier alpha value is -1.32. The number of halogens is 1. The van der Waals surface area contributed by atoms with Crippen LogP contribution in [0.5, 0.6) is 0 Å². The quantitative estimate of drug-likeness (QED) is 0.916. The normalized spacial score (nSPS) is 21.7. The van der Waals surface area contributed by atoms with Gasteiger partial charge in [-0.05, 0) is 42.5 Å². The predicted octanol–water partition coefficient (Wildman–Crippen LogP) is 3.15. The maximum atomic E-state index is 6.04. The molecule has 0 atom stereocenters. The minimum absolute atomic E-state index is 0.641. The number of aryl methyl sites for hydroxylation is 1. The summed E-state index contributed by atoms with van der Waals surface area (Å²) < 4.78 is 1.86. The topological polar surface area (TPSA) is 29.9 Å². The van der Waals surface area contributed by atoms with Gasteiger partial charge in [-0.15, -0.1) is 0 Å². The molecule has 20 heavy (non-hydrogen) atoms. The van der Waals surface area contributed by atoms with E-state index in [0.717, 1.165) is 23.7 Å². The molecule has 0 saturated heterocycles. The van der Waals surface area contributed by atoms with E-state index in [9.17, 15) is 0 Å². The highest BCUT2D eigenvalue weighted by atomic mass is 35.5. The first-order chi connectivity index (χ1) is 9.70. The van der Waals surface area contributed by atoms with Crippen LogP contribution in [0.3, 0.4) is 0 Å². The maximum absolute atomic E-state index is 6.04. The van der Waals surface area contributed by atoms with Gasteiger partial charge in [0, 0.05) is 37.3 Å². The number of hydrogen-bond acceptors (Lipinski definition) is 2. The summed E-state index contributed by atoms with van der Waals surface area (Å²) in [6.45, 7) is 1.00. The Morgan fingerprint density at radius 2 is 2.20 bits per heavy atom. The molecule has 1 aliphatic rings. The summed E-state index contributed by atoms with van der Waals surface area (Å²) in [5.74, 6) is 0.668. The fourth-order valence-electron chi connectivity index (χ4n) is 2.82. The monoisotopic (exact) mass is 289 g/mol. The molecule has 0 bridgehead atoms. The van der Waals surface area contributed by atoms with Gasteiger partial charge in [-0.2, -0.15) is 5.10 Å². The van der Waals surface area contributed by atoms with Crippen LogP contribution in [-0.4, -0.2) is 22.4 Å². The van der Waals surface area contributed by atoms with Crippen LogP contribution in [0.1, 0.15) is 30.0 Å². The summed E-state index contributed by atoms with van der Waals surface area (Å²) in [6.07, 6.45) is 5.41. The zero-order valence-electron chi connectivity index (χ0n) is 11.7. The van der Waals surface area contributed by atoms with Crippen molar-refractivity contribution in [2.75, 3.05) is 6.54 Å². The van der Waals surface area contributed by atoms with Gasteiger partial charge in [0.15, 0.2) is 0 Å². The average Bonchev–Trinajstić information content (AvgIpc) is 2.78. The molecule has 1 aromatic heterocycles. The molecular formula is C16H20ClN3. The second kappa shape index (κ2) is 5.98. The van der Waals surface area contributed by atoms with Gasteiger partial charge in [-0.1, -0.05) is 23.7 Å². The lowest BCUT2D eigenvalue weighted by Gasteiger charge is -2.36. The van der Waals surface area contributed by atoms with Crippen molar-refractivity contribution in [2.24, 2.45) is 7.05 Å². The number of nitrogens with zero attached hydrogens (tertiary/aromatic N) is 2. The van der Waals surface area contributed by atoms with E-state index >= 15 is 0 Å². The largest absolute Gasteiger partial charge is 0.314 e. The van der Waals surface area contributed by atoms with Crippen LogP contribution in [-0.2, 0) is 13.5 Å². The fraction of sp³-hybridized carbons (Fsp3) is 0.438. The predicted molar refractivity (Wildman–Crippen MR) is 82.1 cm³/mol. The van der Waals surface area contributed by atoms with Crippen molar-refractivity contribution in [3.8, 4) is 0 Å². The Bertz CT molecular complexity index is 573. The molecule has 4 heteroatoms. The van der Waals surface area contributed by atoms with Crippen molar-refractivity contribution in [1.29, 1.82) is 0 Å². The molecule has 106 valence electrons. The van der Waals surface area contributed by atoms with Gasteiger partial charge < -0.3 is 5.32 Å². The summed E-state index contributed by atoms with van der Waals surface area (Å²) in [7, 11) is 1.96. The maximum Gasteiger partial charge on any atom is 0.0637 e. The SMILES string of the molecule is Cn1ccc(CCNC2CC(c3cccc(Cl)c3)C2)n1. The molecule has 1 aliphatic carbocycles. The fourth-order valence-corrected chi connectivity index (χ4v) is 3.02. The molecule has 1 fully saturated rings. The Labute approximate surface area is 124 Å². The van der Waals surface area contributed by atoms with Gasteiger partial charge in [0.2, 0.25) is 0 Å². The molecular weight excluding hydrogens is 270 g/mol. The highest BCUT2D eigenvalue weighted by Gasteiger charge is 2.29. The zero-order valence-corrected chi connectivity index (χ0v) is 12.5. The summed E-state index contributed by atoms with van der Waals surface area (Å²) in [6, 6.07) is 11.0. The smallest absolute Gasteiger partial charge is 0.0637 e. The standard InChI is InChI=1S/C16H20ClN3/c1-20-8-6-15(19-20)5-7-18-16-10-13(11-16)12-3-2-4-14(17)9-12/h2-4,6,8-9,13,16,18H,5,7,10-11H2,1H3. The van der Waals surface area contributed by atoms with Gasteiger partial charge in [0.25, 0.3) is 0 Å². The third kappa shape index (κ3) is 3.22. The molecule has 2 aromatic rings. The van der Waals surface area contributed by atoms with Crippen molar-refractivity contribution < 1.29 is 0 Å². The molecule has 1 heterocycles. The van der Waals surface area contributed by atoms with Crippen LogP contribution in [0.4, 0.5) is 0 Å². The summed E-state index contributed by atoms with van der Waals surface area (Å²) in [4.78, 5) is 0. The molecule has 0 unspecified atom stereocenters. The first-order valence-corrected chi connectivity index (χ1v) is 7.56. The van der Waals surface area contributed by atoms with E-state index in [2.05, 4.69) is 28.6 Å². The van der Waals surface area contributed by atoms with Crippen LogP contribution in [0.15, 0.2) is 36.5 Å². The number of benzene rings is 1. The van der Waals surface area contributed by atoms with Gasteiger partial charge in [0.05, 0.1) is 5.69 Å². The second-order valence-corrected chi connectivity index (χ2v) is 6.04. The van der Waals surface area contributed by atoms with E-state index in [4.69, 9.17) is 11.6 Å². The van der Waals surface area contributed by atoms with Gasteiger partial charge in [-0.25, -0.2) is 0 Å². The van der Waals surface area contributed by atoms with Crippen molar-refractivity contribution in [2.45, 2.75) is 31.2 Å². The third-order valence-electron chi connectivity index (χ3n) is 4.04. The lowest BCUT2D eigenvalue weighted by atomic mass is 9.76. The van der Waals surface area contributed by atoms with Crippen molar-refractivity contribution in [3.05, 3.63) is 52.8 Å². The van der Waals surface area contributed by atoms with E-state index < -0.39 is 0 Å². The molecule has 3 rings (SSSR count). The summed E-state index contributed by atoms with van der Waals surface area (Å²) >= 11 is 6.04. The zero-order chi connectivity index (χ0) is 13.9. The number of aromatic nitrogens is 2. The Morgan fingerprint density at radius 3 is 2.90 bits per heavy atom. The van der Waals surface area contributed by atoms with Crippen LogP contribution in [0.2, 0.25) is 5.02 Å². The molecule has 3 nitrogen and oxygen atoms in total. The van der Waals surface area contributed by atoms with Crippen molar-refractivity contribution >= 4 is 11.6 Å². The third-order valence-corrected chi connectivity index (χ3v) is 4.28. The average molecular weight is 290 g/mol. The molecule has 0 aliphatic heterocycles. The van der Waals surface area contributed by atoms with Gasteiger partial charge >= 0.3 is 0 Å². The Kier molecular flexibility index (Phi) is 4.08. The Morgan fingerprint density at radius 1 is 1.35 bits per heavy atom. The highest BCUT2D eigenvalue weighted by molar-refractivity contribution is 6.30. The lowest BCUT2D eigenvalue weighted by molar-refractivity contribution is 0.292. The number of hydrogen-bond donors (Lipinski definition) is 1. The van der Waals surface area contributed by atoms with Crippen LogP contribution >= 0.6 is 11.6 Å². The molecule has 0 amide bonds. The Balaban J connectivity index is 1.40. The van der Waals surface area contributed by atoms with Crippen LogP contribution in [0, 0.1) is 0 Å². The minimum Gasteiger partial charge on any atom is -0.314 e. The number of nitrogens with one attached hydrogen (secondary N) is 1. The van der Waals surface area contributed by atoms with Gasteiger partial charge in [-0.3, -0.25) is 4.68 Å².